The van der Waals surface area contributed by atoms with Crippen molar-refractivity contribution in [2.75, 3.05) is 61.4 Å². The Labute approximate surface area is 357 Å². The van der Waals surface area contributed by atoms with E-state index in [1.807, 2.05) is 52.0 Å². The van der Waals surface area contributed by atoms with Crippen LogP contribution in [0.1, 0.15) is 110 Å². The SMILES string of the molecule is CC(C)c1cnn2c(NCc3ccc(NC(=O)N4CCN(CCCCCc5cccc6c5CN(C5CCC(=O)NC5=O)C6=O)CC4)cc3)cc(N3CCCC[C@@H]3CCO)nc12. The molecule has 2 atom stereocenters. The minimum absolute atomic E-state index is 0.0841. The molecule has 0 radical (unpaired) electrons. The lowest BCUT2D eigenvalue weighted by atomic mass is 9.98. The van der Waals surface area contributed by atoms with Crippen LogP contribution < -0.4 is 20.9 Å². The van der Waals surface area contributed by atoms with E-state index in [1.165, 1.54) is 0 Å². The maximum atomic E-state index is 13.2. The molecule has 4 aliphatic heterocycles. The van der Waals surface area contributed by atoms with E-state index in [1.54, 1.807) is 4.90 Å². The van der Waals surface area contributed by atoms with Gasteiger partial charge in [-0.2, -0.15) is 9.61 Å². The van der Waals surface area contributed by atoms with Crippen molar-refractivity contribution < 1.29 is 24.3 Å². The molecule has 15 heteroatoms. The number of aryl methyl sites for hydroxylation is 1. The van der Waals surface area contributed by atoms with E-state index in [4.69, 9.17) is 10.1 Å². The Morgan fingerprint density at radius 3 is 2.54 bits per heavy atom. The second kappa shape index (κ2) is 19.0. The monoisotopic (exact) mass is 832 g/mol. The number of rotatable bonds is 15. The number of aromatic nitrogens is 3. The molecule has 324 valence electrons. The summed E-state index contributed by atoms with van der Waals surface area (Å²) in [5, 5.41) is 23.5. The predicted octanol–water partition coefficient (Wildman–Crippen LogP) is 5.53. The van der Waals surface area contributed by atoms with Crippen molar-refractivity contribution in [3.05, 3.63) is 82.5 Å². The molecule has 3 saturated heterocycles. The maximum Gasteiger partial charge on any atom is 0.321 e. The van der Waals surface area contributed by atoms with Crippen molar-refractivity contribution in [1.29, 1.82) is 0 Å². The maximum absolute atomic E-state index is 13.2. The summed E-state index contributed by atoms with van der Waals surface area (Å²) in [4.78, 5) is 63.9. The molecule has 3 fully saturated rings. The van der Waals surface area contributed by atoms with Gasteiger partial charge in [-0.3, -0.25) is 24.6 Å². The lowest BCUT2D eigenvalue weighted by molar-refractivity contribution is -0.136. The molecule has 0 spiro atoms. The van der Waals surface area contributed by atoms with Gasteiger partial charge in [-0.1, -0.05) is 44.5 Å². The molecular formula is C46H60N10O5. The van der Waals surface area contributed by atoms with Gasteiger partial charge in [0, 0.05) is 87.8 Å². The molecule has 0 aliphatic carbocycles. The van der Waals surface area contributed by atoms with Crippen LogP contribution in [0.4, 0.5) is 22.1 Å². The minimum atomic E-state index is -0.600. The number of carbonyl (C=O) groups is 4. The fourth-order valence-electron chi connectivity index (χ4n) is 9.39. The quantitative estimate of drug-likeness (QED) is 0.0884. The molecule has 1 unspecified atom stereocenters. The normalized spacial score (nSPS) is 19.8. The number of carbonyl (C=O) groups excluding carboxylic acids is 4. The lowest BCUT2D eigenvalue weighted by Crippen LogP contribution is -2.52. The van der Waals surface area contributed by atoms with Crippen LogP contribution in [-0.2, 0) is 29.1 Å². The van der Waals surface area contributed by atoms with Gasteiger partial charge in [-0.05, 0) is 98.7 Å². The average molecular weight is 833 g/mol. The third-order valence-corrected chi connectivity index (χ3v) is 12.9. The van der Waals surface area contributed by atoms with Gasteiger partial charge in [-0.15, -0.1) is 0 Å². The summed E-state index contributed by atoms with van der Waals surface area (Å²) in [6.45, 7) is 10.4. The Morgan fingerprint density at radius 2 is 1.77 bits per heavy atom. The highest BCUT2D eigenvalue weighted by atomic mass is 16.3. The number of piperazine rings is 1. The number of aliphatic hydroxyl groups excluding tert-OH is 1. The second-order valence-corrected chi connectivity index (χ2v) is 17.3. The first-order chi connectivity index (χ1) is 29.7. The number of imide groups is 1. The number of nitrogens with zero attached hydrogens (tertiary/aromatic N) is 7. The first-order valence-electron chi connectivity index (χ1n) is 22.3. The van der Waals surface area contributed by atoms with Crippen molar-refractivity contribution in [1.82, 2.24) is 34.6 Å². The molecule has 4 N–H and O–H groups in total. The summed E-state index contributed by atoms with van der Waals surface area (Å²) in [5.41, 5.74) is 6.62. The van der Waals surface area contributed by atoms with Crippen molar-refractivity contribution in [2.24, 2.45) is 0 Å². The Balaban J connectivity index is 0.773. The first kappa shape index (κ1) is 42.2. The smallest absolute Gasteiger partial charge is 0.321 e. The standard InChI is InChI=1S/C46H60N10O5/c1-31(2)37-29-48-56-40(27-41(50-43(37)56)54-21-7-5-11-35(54)19-26-57)47-28-32-13-15-34(16-14-32)49-46(61)53-24-22-52(23-25-53)20-6-3-4-9-33-10-8-12-36-38(33)30-55(45(36)60)39-17-18-42(58)51-44(39)59/h8,10,12-16,27,29,31,35,39,47,57H,3-7,9,11,17-26,28,30H2,1-2H3,(H,49,61)(H,51,58,59)/t35-,39?/m1/s1. The Morgan fingerprint density at radius 1 is 0.951 bits per heavy atom. The van der Waals surface area contributed by atoms with Gasteiger partial charge in [0.1, 0.15) is 17.7 Å². The predicted molar refractivity (Wildman–Crippen MR) is 235 cm³/mol. The number of anilines is 3. The third-order valence-electron chi connectivity index (χ3n) is 12.9. The number of benzene rings is 2. The zero-order valence-electron chi connectivity index (χ0n) is 35.6. The van der Waals surface area contributed by atoms with Gasteiger partial charge >= 0.3 is 6.03 Å². The highest BCUT2D eigenvalue weighted by molar-refractivity contribution is 6.05. The van der Waals surface area contributed by atoms with E-state index < -0.39 is 6.04 Å². The Bertz CT molecular complexity index is 2210. The topological polar surface area (TPSA) is 168 Å². The number of fused-ring (bicyclic) bond motifs is 2. The van der Waals surface area contributed by atoms with E-state index in [2.05, 4.69) is 51.7 Å². The Kier molecular flexibility index (Phi) is 13.1. The molecule has 4 aliphatic rings. The van der Waals surface area contributed by atoms with Gasteiger partial charge in [0.2, 0.25) is 11.8 Å². The van der Waals surface area contributed by atoms with Gasteiger partial charge in [0.15, 0.2) is 5.65 Å². The number of amides is 5. The second-order valence-electron chi connectivity index (χ2n) is 17.3. The number of hydrogen-bond donors (Lipinski definition) is 4. The molecule has 5 amide bonds. The van der Waals surface area contributed by atoms with Crippen molar-refractivity contribution in [2.45, 2.75) is 109 Å². The molecule has 2 aromatic carbocycles. The van der Waals surface area contributed by atoms with Crippen LogP contribution in [0.5, 0.6) is 0 Å². The minimum Gasteiger partial charge on any atom is -0.396 e. The summed E-state index contributed by atoms with van der Waals surface area (Å²) < 4.78 is 1.89. The van der Waals surface area contributed by atoms with Crippen LogP contribution in [0.3, 0.4) is 0 Å². The zero-order valence-corrected chi connectivity index (χ0v) is 35.6. The molecule has 61 heavy (non-hydrogen) atoms. The largest absolute Gasteiger partial charge is 0.396 e. The van der Waals surface area contributed by atoms with Crippen LogP contribution >= 0.6 is 0 Å². The summed E-state index contributed by atoms with van der Waals surface area (Å²) in [5.74, 6) is 1.27. The molecule has 0 bridgehead atoms. The molecule has 6 heterocycles. The summed E-state index contributed by atoms with van der Waals surface area (Å²) in [6, 6.07) is 15.5. The zero-order chi connectivity index (χ0) is 42.5. The number of unbranched alkanes of at least 4 members (excludes halogenated alkanes) is 2. The van der Waals surface area contributed by atoms with Crippen LogP contribution in [0, 0.1) is 0 Å². The molecular weight excluding hydrogens is 773 g/mol. The summed E-state index contributed by atoms with van der Waals surface area (Å²) >= 11 is 0. The number of piperidine rings is 2. The van der Waals surface area contributed by atoms with Crippen LogP contribution in [0.15, 0.2) is 54.7 Å². The lowest BCUT2D eigenvalue weighted by Gasteiger charge is -2.36. The third kappa shape index (κ3) is 9.52. The van der Waals surface area contributed by atoms with Crippen molar-refractivity contribution >= 4 is 46.7 Å². The highest BCUT2D eigenvalue weighted by Gasteiger charge is 2.39. The molecule has 2 aromatic heterocycles. The molecule has 4 aromatic rings. The van der Waals surface area contributed by atoms with Crippen LogP contribution in [0.2, 0.25) is 0 Å². The van der Waals surface area contributed by atoms with Gasteiger partial charge < -0.3 is 30.4 Å². The van der Waals surface area contributed by atoms with Gasteiger partial charge in [0.25, 0.3) is 5.91 Å². The van der Waals surface area contributed by atoms with E-state index in [9.17, 15) is 24.3 Å². The molecule has 0 saturated carbocycles. The fraction of sp³-hybridized carbons (Fsp3) is 0.522. The number of hydrogen-bond acceptors (Lipinski definition) is 10. The fourth-order valence-corrected chi connectivity index (χ4v) is 9.39. The highest BCUT2D eigenvalue weighted by Crippen LogP contribution is 2.32. The molecule has 8 rings (SSSR count). The van der Waals surface area contributed by atoms with E-state index in [-0.39, 0.29) is 48.7 Å². The van der Waals surface area contributed by atoms with E-state index in [0.29, 0.717) is 38.2 Å². The number of nitrogens with one attached hydrogen (secondary N) is 3. The van der Waals surface area contributed by atoms with E-state index >= 15 is 0 Å². The Hall–Kier alpha value is -5.54. The van der Waals surface area contributed by atoms with Crippen LogP contribution in [0.25, 0.3) is 5.65 Å². The summed E-state index contributed by atoms with van der Waals surface area (Å²) in [7, 11) is 0. The van der Waals surface area contributed by atoms with E-state index in [0.717, 1.165) is 123 Å². The first-order valence-corrected chi connectivity index (χ1v) is 22.3. The van der Waals surface area contributed by atoms with Crippen LogP contribution in [-0.4, -0.2) is 116 Å². The van der Waals surface area contributed by atoms with Gasteiger partial charge in [0.05, 0.1) is 6.20 Å². The number of urea groups is 1. The molecule has 15 nitrogen and oxygen atoms in total. The average Bonchev–Trinajstić information content (AvgIpc) is 3.85. The van der Waals surface area contributed by atoms with Crippen molar-refractivity contribution in [3.63, 3.8) is 0 Å². The van der Waals surface area contributed by atoms with Gasteiger partial charge in [-0.25, -0.2) is 9.78 Å². The summed E-state index contributed by atoms with van der Waals surface area (Å²) in [6.07, 6.45) is 10.6. The van der Waals surface area contributed by atoms with Crippen molar-refractivity contribution in [3.8, 4) is 0 Å². The number of aliphatic hydroxyl groups is 1.